The van der Waals surface area contributed by atoms with Crippen molar-refractivity contribution < 1.29 is 31.2 Å². The number of benzene rings is 3. The number of rotatable bonds is 12. The fourth-order valence-electron chi connectivity index (χ4n) is 4.28. The van der Waals surface area contributed by atoms with Gasteiger partial charge in [-0.3, -0.25) is 13.9 Å². The van der Waals surface area contributed by atoms with Gasteiger partial charge in [0.25, 0.3) is 10.0 Å². The molecule has 3 rings (SSSR count). The maximum Gasteiger partial charge on any atom is 0.417 e. The van der Waals surface area contributed by atoms with E-state index < -0.39 is 56.9 Å². The highest BCUT2D eigenvalue weighted by Gasteiger charge is 2.37. The van der Waals surface area contributed by atoms with Crippen LogP contribution in [0.15, 0.2) is 77.7 Å². The van der Waals surface area contributed by atoms with E-state index >= 15 is 0 Å². The number of sulfonamides is 1. The van der Waals surface area contributed by atoms with Gasteiger partial charge in [-0.05, 0) is 67.8 Å². The van der Waals surface area contributed by atoms with E-state index in [1.54, 1.807) is 37.3 Å². The van der Waals surface area contributed by atoms with E-state index in [0.29, 0.717) is 27.4 Å². The predicted molar refractivity (Wildman–Crippen MR) is 161 cm³/mol. The van der Waals surface area contributed by atoms with Gasteiger partial charge in [0.1, 0.15) is 12.6 Å². The van der Waals surface area contributed by atoms with Crippen LogP contribution in [0.5, 0.6) is 0 Å². The van der Waals surface area contributed by atoms with E-state index in [1.165, 1.54) is 29.2 Å². The second kappa shape index (κ2) is 14.5. The van der Waals surface area contributed by atoms with Crippen molar-refractivity contribution in [2.24, 2.45) is 0 Å². The van der Waals surface area contributed by atoms with Crippen molar-refractivity contribution in [1.82, 2.24) is 10.2 Å². The van der Waals surface area contributed by atoms with Gasteiger partial charge in [0.05, 0.1) is 21.2 Å². The van der Waals surface area contributed by atoms with E-state index in [4.69, 9.17) is 23.2 Å². The molecule has 0 fully saturated rings. The van der Waals surface area contributed by atoms with Crippen molar-refractivity contribution >= 4 is 50.7 Å². The number of hydrogen-bond donors (Lipinski definition) is 1. The molecule has 0 saturated heterocycles. The van der Waals surface area contributed by atoms with E-state index in [9.17, 15) is 31.2 Å². The van der Waals surface area contributed by atoms with Crippen molar-refractivity contribution in [3.05, 3.63) is 94.0 Å². The Balaban J connectivity index is 2.13. The Morgan fingerprint density at radius 2 is 1.56 bits per heavy atom. The zero-order valence-electron chi connectivity index (χ0n) is 23.7. The Morgan fingerprint density at radius 1 is 0.930 bits per heavy atom. The lowest BCUT2D eigenvalue weighted by atomic mass is 10.1. The fourth-order valence-corrected chi connectivity index (χ4v) is 6.06. The van der Waals surface area contributed by atoms with Crippen LogP contribution in [0.4, 0.5) is 18.9 Å². The highest BCUT2D eigenvalue weighted by molar-refractivity contribution is 7.92. The standard InChI is InChI=1S/C30H32Cl2F3N3O4S/c1-4-20(3)36-29(40)27(5-2)37(18-21-11-13-22(31)14-12-21)28(39)19-38(43(41,42)24-9-7-6-8-10-24)23-15-16-26(32)25(17-23)30(33,34)35/h6-17,20,27H,4-5,18-19H2,1-3H3,(H,36,40). The Morgan fingerprint density at radius 3 is 2.12 bits per heavy atom. The van der Waals surface area contributed by atoms with Gasteiger partial charge in [0.2, 0.25) is 11.8 Å². The summed E-state index contributed by atoms with van der Waals surface area (Å²) in [4.78, 5) is 28.3. The van der Waals surface area contributed by atoms with Crippen LogP contribution in [0.25, 0.3) is 0 Å². The molecule has 1 N–H and O–H groups in total. The summed E-state index contributed by atoms with van der Waals surface area (Å²) in [5.41, 5.74) is -1.07. The summed E-state index contributed by atoms with van der Waals surface area (Å²) in [7, 11) is -4.55. The fraction of sp³-hybridized carbons (Fsp3) is 0.333. The summed E-state index contributed by atoms with van der Waals surface area (Å²) < 4.78 is 69.6. The normalized spacial score (nSPS) is 13.2. The van der Waals surface area contributed by atoms with E-state index in [2.05, 4.69) is 5.32 Å². The maximum atomic E-state index is 14.1. The van der Waals surface area contributed by atoms with E-state index in [0.717, 1.165) is 12.1 Å². The summed E-state index contributed by atoms with van der Waals surface area (Å²) in [5, 5.41) is 2.68. The molecular weight excluding hydrogens is 626 g/mol. The van der Waals surface area contributed by atoms with E-state index in [-0.39, 0.29) is 23.9 Å². The zero-order chi connectivity index (χ0) is 31.9. The summed E-state index contributed by atoms with van der Waals surface area (Å²) in [6.07, 6.45) is -4.07. The monoisotopic (exact) mass is 657 g/mol. The van der Waals surface area contributed by atoms with Crippen LogP contribution < -0.4 is 9.62 Å². The van der Waals surface area contributed by atoms with Crippen LogP contribution in [0.2, 0.25) is 10.0 Å². The third-order valence-electron chi connectivity index (χ3n) is 6.81. The molecule has 7 nitrogen and oxygen atoms in total. The zero-order valence-corrected chi connectivity index (χ0v) is 26.1. The molecule has 2 unspecified atom stereocenters. The summed E-state index contributed by atoms with van der Waals surface area (Å²) in [6.45, 7) is 4.42. The summed E-state index contributed by atoms with van der Waals surface area (Å²) >= 11 is 11.8. The van der Waals surface area contributed by atoms with Crippen molar-refractivity contribution in [1.29, 1.82) is 0 Å². The summed E-state index contributed by atoms with van der Waals surface area (Å²) in [6, 6.07) is 15.0. The van der Waals surface area contributed by atoms with Gasteiger partial charge in [-0.1, -0.05) is 67.4 Å². The van der Waals surface area contributed by atoms with Crippen LogP contribution in [0, 0.1) is 0 Å². The van der Waals surface area contributed by atoms with Crippen LogP contribution in [-0.2, 0) is 32.3 Å². The Hall–Kier alpha value is -3.28. The van der Waals surface area contributed by atoms with Gasteiger partial charge in [-0.25, -0.2) is 8.42 Å². The van der Waals surface area contributed by atoms with Gasteiger partial charge in [0, 0.05) is 17.6 Å². The molecule has 0 spiro atoms. The Kier molecular flexibility index (Phi) is 11.5. The highest BCUT2D eigenvalue weighted by Crippen LogP contribution is 2.38. The first-order valence-corrected chi connectivity index (χ1v) is 15.7. The summed E-state index contributed by atoms with van der Waals surface area (Å²) in [5.74, 6) is -1.24. The third kappa shape index (κ3) is 8.64. The minimum Gasteiger partial charge on any atom is -0.352 e. The van der Waals surface area contributed by atoms with Gasteiger partial charge < -0.3 is 10.2 Å². The minimum atomic E-state index is -4.89. The average molecular weight is 659 g/mol. The molecule has 3 aromatic carbocycles. The number of hydrogen-bond acceptors (Lipinski definition) is 4. The second-order valence-electron chi connectivity index (χ2n) is 9.88. The number of amides is 2. The molecule has 13 heteroatoms. The number of halogens is 5. The average Bonchev–Trinajstić information content (AvgIpc) is 2.96. The van der Waals surface area contributed by atoms with Gasteiger partial charge in [-0.15, -0.1) is 0 Å². The molecule has 0 aromatic heterocycles. The molecule has 232 valence electrons. The van der Waals surface area contributed by atoms with Gasteiger partial charge in [-0.2, -0.15) is 13.2 Å². The molecule has 0 aliphatic rings. The number of carbonyl (C=O) groups is 2. The molecule has 0 aliphatic heterocycles. The molecule has 3 aromatic rings. The topological polar surface area (TPSA) is 86.8 Å². The maximum absolute atomic E-state index is 14.1. The molecule has 0 saturated carbocycles. The largest absolute Gasteiger partial charge is 0.417 e. The minimum absolute atomic E-state index is 0.0872. The van der Waals surface area contributed by atoms with Gasteiger partial charge >= 0.3 is 6.18 Å². The van der Waals surface area contributed by atoms with Crippen molar-refractivity contribution in [3.63, 3.8) is 0 Å². The van der Waals surface area contributed by atoms with Crippen molar-refractivity contribution in [2.75, 3.05) is 10.8 Å². The molecule has 0 heterocycles. The van der Waals surface area contributed by atoms with Crippen LogP contribution in [0.3, 0.4) is 0 Å². The van der Waals surface area contributed by atoms with Crippen molar-refractivity contribution in [3.8, 4) is 0 Å². The molecular formula is C30H32Cl2F3N3O4S. The van der Waals surface area contributed by atoms with E-state index in [1.807, 2.05) is 13.8 Å². The third-order valence-corrected chi connectivity index (χ3v) is 9.18. The number of alkyl halides is 3. The molecule has 2 amide bonds. The smallest absolute Gasteiger partial charge is 0.352 e. The lowest BCUT2D eigenvalue weighted by Gasteiger charge is -2.34. The first-order chi connectivity index (χ1) is 20.2. The van der Waals surface area contributed by atoms with Crippen molar-refractivity contribution in [2.45, 2.75) is 63.3 Å². The lowest BCUT2D eigenvalue weighted by Crippen LogP contribution is -2.53. The Labute approximate surface area is 259 Å². The molecule has 0 radical (unpaired) electrons. The molecule has 43 heavy (non-hydrogen) atoms. The molecule has 0 aliphatic carbocycles. The molecule has 2 atom stereocenters. The lowest BCUT2D eigenvalue weighted by molar-refractivity contribution is -0.140. The van der Waals surface area contributed by atoms with Crippen LogP contribution in [-0.4, -0.2) is 43.8 Å². The van der Waals surface area contributed by atoms with Gasteiger partial charge in [0.15, 0.2) is 0 Å². The first kappa shape index (κ1) is 34.2. The predicted octanol–water partition coefficient (Wildman–Crippen LogP) is 6.93. The van der Waals surface area contributed by atoms with Crippen LogP contribution >= 0.6 is 23.2 Å². The number of nitrogens with zero attached hydrogens (tertiary/aromatic N) is 2. The number of carbonyl (C=O) groups excluding carboxylic acids is 2. The Bertz CT molecular complexity index is 1520. The molecule has 0 bridgehead atoms. The first-order valence-electron chi connectivity index (χ1n) is 13.5. The quantitative estimate of drug-likeness (QED) is 0.229. The number of anilines is 1. The SMILES string of the molecule is CCC(C)NC(=O)C(CC)N(Cc1ccc(Cl)cc1)C(=O)CN(c1ccc(Cl)c(C(F)(F)F)c1)S(=O)(=O)c1ccccc1. The number of nitrogens with one attached hydrogen (secondary N) is 1. The highest BCUT2D eigenvalue weighted by atomic mass is 35.5. The van der Waals surface area contributed by atoms with Crippen LogP contribution in [0.1, 0.15) is 44.7 Å². The second-order valence-corrected chi connectivity index (χ2v) is 12.6.